The molecule has 1 aromatic carbocycles. The Kier molecular flexibility index (Phi) is 3.94. The Morgan fingerprint density at radius 1 is 1.41 bits per heavy atom. The number of nitrogens with one attached hydrogen (secondary N) is 1. The normalized spacial score (nSPS) is 20.8. The van der Waals surface area contributed by atoms with Gasteiger partial charge in [-0.25, -0.2) is 0 Å². The molecule has 1 aliphatic heterocycles. The number of hydrogen-bond donors (Lipinski definition) is 1. The Morgan fingerprint density at radius 2 is 2.18 bits per heavy atom. The Bertz CT molecular complexity index is 593. The van der Waals surface area contributed by atoms with Crippen LogP contribution < -0.4 is 5.32 Å². The van der Waals surface area contributed by atoms with E-state index in [1.165, 1.54) is 5.56 Å². The maximum Gasteiger partial charge on any atom is 0.230 e. The molecule has 0 radical (unpaired) electrons. The number of likely N-dealkylation sites (tertiary alicyclic amines) is 1. The van der Waals surface area contributed by atoms with Crippen LogP contribution in [0, 0.1) is 6.92 Å². The number of carbonyl (C=O) groups excluding carboxylic acids is 2. The van der Waals surface area contributed by atoms with Crippen LogP contribution in [-0.2, 0) is 15.0 Å². The van der Waals surface area contributed by atoms with E-state index in [1.54, 1.807) is 0 Å². The van der Waals surface area contributed by atoms with Crippen molar-refractivity contribution in [3.05, 3.63) is 35.4 Å². The van der Waals surface area contributed by atoms with Crippen LogP contribution in [0.3, 0.4) is 0 Å². The largest absolute Gasteiger partial charge is 0.351 e. The molecule has 2 amide bonds. The van der Waals surface area contributed by atoms with Crippen molar-refractivity contribution >= 4 is 11.8 Å². The molecule has 3 rings (SSSR count). The molecule has 1 aromatic rings. The number of rotatable bonds is 5. The number of amides is 2. The van der Waals surface area contributed by atoms with Gasteiger partial charge in [-0.2, -0.15) is 0 Å². The minimum Gasteiger partial charge on any atom is -0.351 e. The van der Waals surface area contributed by atoms with Crippen molar-refractivity contribution in [2.75, 3.05) is 13.1 Å². The predicted octanol–water partition coefficient (Wildman–Crippen LogP) is 2.15. The van der Waals surface area contributed by atoms with Crippen LogP contribution in [0.15, 0.2) is 24.3 Å². The number of aryl methyl sites for hydroxylation is 1. The third kappa shape index (κ3) is 2.87. The van der Waals surface area contributed by atoms with Crippen molar-refractivity contribution in [3.63, 3.8) is 0 Å². The molecule has 2 aliphatic rings. The average molecular weight is 300 g/mol. The summed E-state index contributed by atoms with van der Waals surface area (Å²) in [5.41, 5.74) is 1.97. The van der Waals surface area contributed by atoms with E-state index in [9.17, 15) is 9.59 Å². The van der Waals surface area contributed by atoms with Crippen molar-refractivity contribution in [3.8, 4) is 0 Å². The van der Waals surface area contributed by atoms with E-state index in [-0.39, 0.29) is 23.3 Å². The van der Waals surface area contributed by atoms with Gasteiger partial charge in [0.05, 0.1) is 5.41 Å². The smallest absolute Gasteiger partial charge is 0.230 e. The van der Waals surface area contributed by atoms with E-state index in [1.807, 2.05) is 24.0 Å². The molecule has 2 fully saturated rings. The minimum atomic E-state index is -0.338. The van der Waals surface area contributed by atoms with Crippen LogP contribution in [0.25, 0.3) is 0 Å². The molecule has 1 atom stereocenters. The molecule has 0 aromatic heterocycles. The summed E-state index contributed by atoms with van der Waals surface area (Å²) in [4.78, 5) is 26.2. The summed E-state index contributed by atoms with van der Waals surface area (Å²) in [5, 5.41) is 3.12. The summed E-state index contributed by atoms with van der Waals surface area (Å²) >= 11 is 0. The van der Waals surface area contributed by atoms with E-state index < -0.39 is 0 Å². The molecule has 1 saturated heterocycles. The fourth-order valence-electron chi connectivity index (χ4n) is 3.35. The van der Waals surface area contributed by atoms with Crippen molar-refractivity contribution in [2.24, 2.45) is 0 Å². The van der Waals surface area contributed by atoms with Gasteiger partial charge in [0.15, 0.2) is 0 Å². The zero-order chi connectivity index (χ0) is 15.7. The average Bonchev–Trinajstić information content (AvgIpc) is 3.20. The summed E-state index contributed by atoms with van der Waals surface area (Å²) in [7, 11) is 0. The van der Waals surface area contributed by atoms with Crippen LogP contribution in [0.1, 0.15) is 43.7 Å². The number of carbonyl (C=O) groups is 2. The highest BCUT2D eigenvalue weighted by atomic mass is 16.2. The molecule has 1 N–H and O–H groups in total. The highest BCUT2D eigenvalue weighted by molar-refractivity contribution is 5.91. The predicted molar refractivity (Wildman–Crippen MR) is 85.5 cm³/mol. The first-order chi connectivity index (χ1) is 10.5. The summed E-state index contributed by atoms with van der Waals surface area (Å²) in [6, 6.07) is 8.23. The Labute approximate surface area is 131 Å². The number of hydrogen-bond acceptors (Lipinski definition) is 2. The first-order valence-electron chi connectivity index (χ1n) is 8.17. The maximum atomic E-state index is 12.7. The van der Waals surface area contributed by atoms with Gasteiger partial charge in [-0.1, -0.05) is 29.8 Å². The van der Waals surface area contributed by atoms with Gasteiger partial charge in [-0.3, -0.25) is 9.59 Å². The second-order valence-electron chi connectivity index (χ2n) is 6.77. The van der Waals surface area contributed by atoms with Gasteiger partial charge in [0.1, 0.15) is 0 Å². The first kappa shape index (κ1) is 15.1. The van der Waals surface area contributed by atoms with Crippen LogP contribution >= 0.6 is 0 Å². The number of nitrogens with zero attached hydrogens (tertiary/aromatic N) is 1. The van der Waals surface area contributed by atoms with Crippen molar-refractivity contribution in [1.82, 2.24) is 10.2 Å². The quantitative estimate of drug-likeness (QED) is 0.906. The molecule has 22 heavy (non-hydrogen) atoms. The van der Waals surface area contributed by atoms with Gasteiger partial charge in [0.2, 0.25) is 11.8 Å². The molecule has 4 nitrogen and oxygen atoms in total. The van der Waals surface area contributed by atoms with Crippen LogP contribution in [0.5, 0.6) is 0 Å². The van der Waals surface area contributed by atoms with E-state index in [0.717, 1.165) is 31.4 Å². The Hall–Kier alpha value is -1.84. The summed E-state index contributed by atoms with van der Waals surface area (Å²) < 4.78 is 0. The van der Waals surface area contributed by atoms with Crippen LogP contribution in [-0.4, -0.2) is 35.8 Å². The van der Waals surface area contributed by atoms with E-state index >= 15 is 0 Å². The molecule has 0 unspecified atom stereocenters. The number of benzene rings is 1. The van der Waals surface area contributed by atoms with E-state index in [2.05, 4.69) is 24.4 Å². The molecule has 0 spiro atoms. The van der Waals surface area contributed by atoms with Crippen molar-refractivity contribution in [1.29, 1.82) is 0 Å². The second kappa shape index (κ2) is 5.75. The van der Waals surface area contributed by atoms with Gasteiger partial charge >= 0.3 is 0 Å². The van der Waals surface area contributed by atoms with Gasteiger partial charge in [-0.15, -0.1) is 0 Å². The highest BCUT2D eigenvalue weighted by Gasteiger charge is 2.51. The molecule has 1 heterocycles. The lowest BCUT2D eigenvalue weighted by molar-refractivity contribution is -0.129. The van der Waals surface area contributed by atoms with E-state index in [4.69, 9.17) is 0 Å². The van der Waals surface area contributed by atoms with E-state index in [0.29, 0.717) is 13.0 Å². The van der Waals surface area contributed by atoms with Crippen LogP contribution in [0.4, 0.5) is 0 Å². The molecule has 1 saturated carbocycles. The topological polar surface area (TPSA) is 49.4 Å². The van der Waals surface area contributed by atoms with Crippen molar-refractivity contribution in [2.45, 2.75) is 51.0 Å². The monoisotopic (exact) mass is 300 g/mol. The fraction of sp³-hybridized carbons (Fsp3) is 0.556. The second-order valence-corrected chi connectivity index (χ2v) is 6.77. The summed E-state index contributed by atoms with van der Waals surface area (Å²) in [6.07, 6.45) is 3.41. The van der Waals surface area contributed by atoms with Crippen molar-refractivity contribution < 1.29 is 9.59 Å². The van der Waals surface area contributed by atoms with Crippen LogP contribution in [0.2, 0.25) is 0 Å². The molecule has 0 bridgehead atoms. The maximum absolute atomic E-state index is 12.7. The first-order valence-corrected chi connectivity index (χ1v) is 8.17. The summed E-state index contributed by atoms with van der Waals surface area (Å²) in [5.74, 6) is 0.318. The van der Waals surface area contributed by atoms with Gasteiger partial charge in [-0.05, 0) is 38.7 Å². The lowest BCUT2D eigenvalue weighted by Crippen LogP contribution is -2.46. The zero-order valence-corrected chi connectivity index (χ0v) is 13.4. The minimum absolute atomic E-state index is 0.00293. The van der Waals surface area contributed by atoms with Gasteiger partial charge < -0.3 is 10.2 Å². The lowest BCUT2D eigenvalue weighted by atomic mass is 9.93. The van der Waals surface area contributed by atoms with Gasteiger partial charge in [0.25, 0.3) is 0 Å². The standard InChI is InChI=1S/C18H24N2O2/c1-13-5-3-6-15(11-13)18(8-9-18)17(22)19-14(2)12-20-10-4-7-16(20)21/h3,5-6,11,14H,4,7-10,12H2,1-2H3,(H,19,22)/t14-/m1/s1. The third-order valence-electron chi connectivity index (χ3n) is 4.80. The molecular weight excluding hydrogens is 276 g/mol. The SMILES string of the molecule is Cc1cccc(C2(C(=O)N[C@H](C)CN3CCCC3=O)CC2)c1. The van der Waals surface area contributed by atoms with Gasteiger partial charge in [0, 0.05) is 25.6 Å². The highest BCUT2D eigenvalue weighted by Crippen LogP contribution is 2.48. The third-order valence-corrected chi connectivity index (χ3v) is 4.80. The molecule has 118 valence electrons. The molecular formula is C18H24N2O2. The Balaban J connectivity index is 1.63. The molecule has 1 aliphatic carbocycles. The Morgan fingerprint density at radius 3 is 2.77 bits per heavy atom. The molecule has 4 heteroatoms. The zero-order valence-electron chi connectivity index (χ0n) is 13.4. The fourth-order valence-corrected chi connectivity index (χ4v) is 3.35. The lowest BCUT2D eigenvalue weighted by Gasteiger charge is -2.24. The summed E-state index contributed by atoms with van der Waals surface area (Å²) in [6.45, 7) is 5.48.